The van der Waals surface area contributed by atoms with Crippen LogP contribution in [0.5, 0.6) is 0 Å². The lowest BCUT2D eigenvalue weighted by atomic mass is 9.97. The second-order valence-electron chi connectivity index (χ2n) is 4.85. The Balaban J connectivity index is 1.69. The summed E-state index contributed by atoms with van der Waals surface area (Å²) in [6, 6.07) is 3.70. The van der Waals surface area contributed by atoms with E-state index in [0.717, 1.165) is 5.56 Å². The van der Waals surface area contributed by atoms with Crippen LogP contribution in [0.2, 0.25) is 0 Å². The summed E-state index contributed by atoms with van der Waals surface area (Å²) in [5, 5.41) is 8.90. The molecule has 1 N–H and O–H groups in total. The summed E-state index contributed by atoms with van der Waals surface area (Å²) in [7, 11) is 0. The minimum absolute atomic E-state index is 0.0205. The van der Waals surface area contributed by atoms with Crippen LogP contribution in [0.3, 0.4) is 0 Å². The van der Waals surface area contributed by atoms with Crippen LogP contribution >= 0.6 is 0 Å². The molecule has 0 bridgehead atoms. The van der Waals surface area contributed by atoms with E-state index in [-0.39, 0.29) is 18.4 Å². The first-order chi connectivity index (χ1) is 9.66. The summed E-state index contributed by atoms with van der Waals surface area (Å²) in [5.74, 6) is -1.18. The summed E-state index contributed by atoms with van der Waals surface area (Å²) in [4.78, 5) is 28.4. The number of piperidine rings is 1. The van der Waals surface area contributed by atoms with Gasteiger partial charge in [-0.05, 0) is 24.5 Å². The molecule has 6 nitrogen and oxygen atoms in total. The van der Waals surface area contributed by atoms with Crippen LogP contribution in [-0.4, -0.2) is 46.6 Å². The molecule has 0 saturated carbocycles. The number of aromatic nitrogens is 1. The van der Waals surface area contributed by atoms with Gasteiger partial charge in [-0.15, -0.1) is 0 Å². The molecule has 0 aromatic carbocycles. The van der Waals surface area contributed by atoms with Gasteiger partial charge >= 0.3 is 5.97 Å². The van der Waals surface area contributed by atoms with Crippen molar-refractivity contribution in [2.24, 2.45) is 5.92 Å². The third kappa shape index (κ3) is 4.03. The van der Waals surface area contributed by atoms with E-state index in [9.17, 15) is 9.59 Å². The molecule has 1 aliphatic rings. The highest BCUT2D eigenvalue weighted by atomic mass is 16.5. The second-order valence-corrected chi connectivity index (χ2v) is 4.85. The summed E-state index contributed by atoms with van der Waals surface area (Å²) in [5.41, 5.74) is 0.921. The van der Waals surface area contributed by atoms with E-state index in [1.807, 2.05) is 12.1 Å². The van der Waals surface area contributed by atoms with E-state index >= 15 is 0 Å². The number of amides is 1. The molecule has 6 heteroatoms. The number of carboxylic acid groups (broad SMARTS) is 1. The number of carboxylic acids is 1. The quantitative estimate of drug-likeness (QED) is 0.866. The molecular formula is C14H18N2O4. The molecule has 2 rings (SSSR count). The van der Waals surface area contributed by atoms with Crippen molar-refractivity contribution in [1.82, 2.24) is 9.88 Å². The highest BCUT2D eigenvalue weighted by Crippen LogP contribution is 2.17. The van der Waals surface area contributed by atoms with Crippen LogP contribution in [-0.2, 0) is 20.9 Å². The monoisotopic (exact) mass is 278 g/mol. The Morgan fingerprint density at radius 2 is 2.15 bits per heavy atom. The Kier molecular flexibility index (Phi) is 5.06. The van der Waals surface area contributed by atoms with Crippen LogP contribution in [0.15, 0.2) is 24.5 Å². The predicted octanol–water partition coefficient (Wildman–Crippen LogP) is 0.921. The molecule has 0 aliphatic carbocycles. The third-order valence-corrected chi connectivity index (χ3v) is 3.41. The van der Waals surface area contributed by atoms with Crippen molar-refractivity contribution in [3.05, 3.63) is 30.1 Å². The fourth-order valence-corrected chi connectivity index (χ4v) is 2.21. The maximum atomic E-state index is 11.9. The molecule has 2 heterocycles. The van der Waals surface area contributed by atoms with Crippen molar-refractivity contribution >= 4 is 11.9 Å². The molecule has 1 aromatic heterocycles. The van der Waals surface area contributed by atoms with Crippen LogP contribution in [0, 0.1) is 5.92 Å². The molecule has 20 heavy (non-hydrogen) atoms. The largest absolute Gasteiger partial charge is 0.481 e. The predicted molar refractivity (Wildman–Crippen MR) is 70.8 cm³/mol. The number of nitrogens with zero attached hydrogens (tertiary/aromatic N) is 2. The zero-order valence-electron chi connectivity index (χ0n) is 11.2. The minimum atomic E-state index is -0.773. The van der Waals surface area contributed by atoms with Crippen molar-refractivity contribution in [1.29, 1.82) is 0 Å². The van der Waals surface area contributed by atoms with Gasteiger partial charge in [-0.25, -0.2) is 0 Å². The van der Waals surface area contributed by atoms with Gasteiger partial charge in [-0.1, -0.05) is 6.07 Å². The number of rotatable bonds is 5. The van der Waals surface area contributed by atoms with Crippen molar-refractivity contribution in [2.45, 2.75) is 19.4 Å². The topological polar surface area (TPSA) is 79.7 Å². The SMILES string of the molecule is O=C(O)C1CCN(C(=O)COCc2cccnc2)CC1. The van der Waals surface area contributed by atoms with E-state index in [1.54, 1.807) is 17.3 Å². The van der Waals surface area contributed by atoms with Gasteiger partial charge in [0.25, 0.3) is 0 Å². The van der Waals surface area contributed by atoms with Crippen LogP contribution in [0.4, 0.5) is 0 Å². The molecule has 1 fully saturated rings. The highest BCUT2D eigenvalue weighted by molar-refractivity contribution is 5.78. The van der Waals surface area contributed by atoms with Gasteiger partial charge < -0.3 is 14.7 Å². The highest BCUT2D eigenvalue weighted by Gasteiger charge is 2.26. The van der Waals surface area contributed by atoms with Crippen molar-refractivity contribution in [2.75, 3.05) is 19.7 Å². The lowest BCUT2D eigenvalue weighted by Crippen LogP contribution is -2.41. The third-order valence-electron chi connectivity index (χ3n) is 3.41. The summed E-state index contributed by atoms with van der Waals surface area (Å²) in [6.45, 7) is 1.36. The molecule has 0 unspecified atom stereocenters. The molecule has 0 spiro atoms. The maximum absolute atomic E-state index is 11.9. The van der Waals surface area contributed by atoms with Gasteiger partial charge in [0, 0.05) is 25.5 Å². The van der Waals surface area contributed by atoms with Gasteiger partial charge in [0.15, 0.2) is 0 Å². The Bertz CT molecular complexity index is 456. The number of ether oxygens (including phenoxy) is 1. The Hall–Kier alpha value is -1.95. The molecule has 1 aromatic rings. The first-order valence-electron chi connectivity index (χ1n) is 6.64. The van der Waals surface area contributed by atoms with Gasteiger partial charge in [0.1, 0.15) is 6.61 Å². The van der Waals surface area contributed by atoms with Gasteiger partial charge in [0.05, 0.1) is 12.5 Å². The normalized spacial score (nSPS) is 16.1. The molecule has 1 aliphatic heterocycles. The first kappa shape index (κ1) is 14.5. The van der Waals surface area contributed by atoms with Gasteiger partial charge in [0.2, 0.25) is 5.91 Å². The molecule has 0 atom stereocenters. The van der Waals surface area contributed by atoms with E-state index in [0.29, 0.717) is 32.5 Å². The zero-order valence-corrected chi connectivity index (χ0v) is 11.2. The molecular weight excluding hydrogens is 260 g/mol. The van der Waals surface area contributed by atoms with E-state index in [4.69, 9.17) is 9.84 Å². The average Bonchev–Trinajstić information content (AvgIpc) is 2.48. The Morgan fingerprint density at radius 3 is 2.75 bits per heavy atom. The molecule has 1 saturated heterocycles. The average molecular weight is 278 g/mol. The standard InChI is InChI=1S/C14H18N2O4/c17-13(10-20-9-11-2-1-5-15-8-11)16-6-3-12(4-7-16)14(18)19/h1-2,5,8,12H,3-4,6-7,9-10H2,(H,18,19). The van der Waals surface area contributed by atoms with Crippen LogP contribution in [0.1, 0.15) is 18.4 Å². The van der Waals surface area contributed by atoms with Crippen molar-refractivity contribution in [3.8, 4) is 0 Å². The zero-order chi connectivity index (χ0) is 14.4. The Labute approximate surface area is 117 Å². The number of hydrogen-bond acceptors (Lipinski definition) is 4. The fourth-order valence-electron chi connectivity index (χ4n) is 2.21. The maximum Gasteiger partial charge on any atom is 0.306 e. The minimum Gasteiger partial charge on any atom is -0.481 e. The number of carbonyl (C=O) groups excluding carboxylic acids is 1. The lowest BCUT2D eigenvalue weighted by molar-refractivity contribution is -0.147. The van der Waals surface area contributed by atoms with Crippen molar-refractivity contribution < 1.29 is 19.4 Å². The summed E-state index contributed by atoms with van der Waals surface area (Å²) in [6.07, 6.45) is 4.41. The summed E-state index contributed by atoms with van der Waals surface area (Å²) < 4.78 is 5.36. The first-order valence-corrected chi connectivity index (χ1v) is 6.64. The lowest BCUT2D eigenvalue weighted by Gasteiger charge is -2.30. The Morgan fingerprint density at radius 1 is 1.40 bits per heavy atom. The number of hydrogen-bond donors (Lipinski definition) is 1. The van der Waals surface area contributed by atoms with Gasteiger partial charge in [-0.2, -0.15) is 0 Å². The van der Waals surface area contributed by atoms with E-state index in [1.165, 1.54) is 0 Å². The van der Waals surface area contributed by atoms with Crippen molar-refractivity contribution in [3.63, 3.8) is 0 Å². The summed E-state index contributed by atoms with van der Waals surface area (Å²) >= 11 is 0. The number of pyridine rings is 1. The van der Waals surface area contributed by atoms with E-state index in [2.05, 4.69) is 4.98 Å². The smallest absolute Gasteiger partial charge is 0.306 e. The van der Waals surface area contributed by atoms with E-state index < -0.39 is 5.97 Å². The number of aliphatic carboxylic acids is 1. The second kappa shape index (κ2) is 7.00. The van der Waals surface area contributed by atoms with Crippen LogP contribution in [0.25, 0.3) is 0 Å². The molecule has 0 radical (unpaired) electrons. The fraction of sp³-hybridized carbons (Fsp3) is 0.500. The van der Waals surface area contributed by atoms with Crippen LogP contribution < -0.4 is 0 Å². The van der Waals surface area contributed by atoms with Gasteiger partial charge in [-0.3, -0.25) is 14.6 Å². The molecule has 1 amide bonds. The molecule has 108 valence electrons. The number of likely N-dealkylation sites (tertiary alicyclic amines) is 1. The number of carbonyl (C=O) groups is 2.